The lowest BCUT2D eigenvalue weighted by Gasteiger charge is -2.11. The second-order valence-corrected chi connectivity index (χ2v) is 4.19. The van der Waals surface area contributed by atoms with Gasteiger partial charge in [0.05, 0.1) is 19.5 Å². The summed E-state index contributed by atoms with van der Waals surface area (Å²) < 4.78 is 5.62. The molecule has 1 N–H and O–H groups in total. The number of hydrogen-bond donors (Lipinski definition) is 1. The molecular formula is C11H14N2OS. The van der Waals surface area contributed by atoms with Gasteiger partial charge in [0.2, 0.25) is 0 Å². The predicted molar refractivity (Wildman–Crippen MR) is 63.3 cm³/mol. The van der Waals surface area contributed by atoms with Crippen molar-refractivity contribution in [2.45, 2.75) is 17.7 Å². The standard InChI is InChI=1S/C11H14N2OS/c1-15-10-4-2-9(3-5-10)7-14-11-6-12-8-13-11/h2-5,8,11H,6-7H2,1H3,(H,12,13). The maximum Gasteiger partial charge on any atom is 0.148 e. The van der Waals surface area contributed by atoms with Gasteiger partial charge in [-0.3, -0.25) is 4.99 Å². The molecule has 0 amide bonds. The highest BCUT2D eigenvalue weighted by Gasteiger charge is 2.09. The van der Waals surface area contributed by atoms with E-state index in [1.165, 1.54) is 10.5 Å². The van der Waals surface area contributed by atoms with Crippen LogP contribution in [0.1, 0.15) is 5.56 Å². The first-order valence-electron chi connectivity index (χ1n) is 4.87. The largest absolute Gasteiger partial charge is 0.352 e. The fourth-order valence-corrected chi connectivity index (χ4v) is 1.76. The number of nitrogens with one attached hydrogen (secondary N) is 1. The monoisotopic (exact) mass is 222 g/mol. The molecule has 3 nitrogen and oxygen atoms in total. The van der Waals surface area contributed by atoms with E-state index in [-0.39, 0.29) is 6.23 Å². The molecule has 1 atom stereocenters. The van der Waals surface area contributed by atoms with Crippen molar-refractivity contribution in [1.82, 2.24) is 5.32 Å². The number of ether oxygens (including phenoxy) is 1. The SMILES string of the molecule is CSc1ccc(COC2CN=CN2)cc1. The van der Waals surface area contributed by atoms with Gasteiger partial charge < -0.3 is 10.1 Å². The normalized spacial score (nSPS) is 19.1. The molecule has 1 aromatic rings. The van der Waals surface area contributed by atoms with Gasteiger partial charge in [-0.25, -0.2) is 0 Å². The first-order chi connectivity index (χ1) is 7.38. The summed E-state index contributed by atoms with van der Waals surface area (Å²) in [4.78, 5) is 5.32. The summed E-state index contributed by atoms with van der Waals surface area (Å²) in [6.45, 7) is 1.35. The highest BCUT2D eigenvalue weighted by molar-refractivity contribution is 7.98. The quantitative estimate of drug-likeness (QED) is 0.790. The van der Waals surface area contributed by atoms with Crippen molar-refractivity contribution >= 4 is 18.1 Å². The number of hydrogen-bond acceptors (Lipinski definition) is 4. The van der Waals surface area contributed by atoms with Crippen LogP contribution in [0, 0.1) is 0 Å². The van der Waals surface area contributed by atoms with Gasteiger partial charge in [-0.2, -0.15) is 0 Å². The molecule has 1 aromatic carbocycles. The zero-order valence-electron chi connectivity index (χ0n) is 8.64. The molecule has 15 heavy (non-hydrogen) atoms. The Labute approximate surface area is 93.9 Å². The molecule has 1 aliphatic rings. The van der Waals surface area contributed by atoms with Crippen molar-refractivity contribution in [3.05, 3.63) is 29.8 Å². The summed E-state index contributed by atoms with van der Waals surface area (Å²) in [5, 5.41) is 3.03. The lowest BCUT2D eigenvalue weighted by Crippen LogP contribution is -2.27. The third-order valence-electron chi connectivity index (χ3n) is 2.23. The average molecular weight is 222 g/mol. The van der Waals surface area contributed by atoms with Crippen LogP contribution in [0.3, 0.4) is 0 Å². The van der Waals surface area contributed by atoms with Crippen molar-refractivity contribution in [2.24, 2.45) is 4.99 Å². The van der Waals surface area contributed by atoms with E-state index in [0.29, 0.717) is 13.2 Å². The molecule has 1 unspecified atom stereocenters. The van der Waals surface area contributed by atoms with Gasteiger partial charge >= 0.3 is 0 Å². The zero-order valence-corrected chi connectivity index (χ0v) is 9.46. The van der Waals surface area contributed by atoms with Crippen LogP contribution in [-0.4, -0.2) is 25.4 Å². The molecule has 0 fully saturated rings. The number of aliphatic imine (C=N–C) groups is 1. The van der Waals surface area contributed by atoms with E-state index in [9.17, 15) is 0 Å². The van der Waals surface area contributed by atoms with E-state index in [4.69, 9.17) is 4.74 Å². The molecular weight excluding hydrogens is 208 g/mol. The first-order valence-corrected chi connectivity index (χ1v) is 6.10. The van der Waals surface area contributed by atoms with Gasteiger partial charge in [0.25, 0.3) is 0 Å². The Morgan fingerprint density at radius 1 is 1.47 bits per heavy atom. The minimum atomic E-state index is 0.0465. The van der Waals surface area contributed by atoms with Crippen LogP contribution in [0.4, 0.5) is 0 Å². The molecule has 0 bridgehead atoms. The summed E-state index contributed by atoms with van der Waals surface area (Å²) in [5.41, 5.74) is 1.20. The smallest absolute Gasteiger partial charge is 0.148 e. The first kappa shape index (κ1) is 10.5. The third kappa shape index (κ3) is 2.97. The van der Waals surface area contributed by atoms with Crippen LogP contribution < -0.4 is 5.32 Å². The van der Waals surface area contributed by atoms with Crippen LogP contribution in [-0.2, 0) is 11.3 Å². The molecule has 0 spiro atoms. The molecule has 0 aliphatic carbocycles. The topological polar surface area (TPSA) is 33.6 Å². The molecule has 80 valence electrons. The Morgan fingerprint density at radius 2 is 2.27 bits per heavy atom. The molecule has 1 heterocycles. The second kappa shape index (κ2) is 5.19. The van der Waals surface area contributed by atoms with Gasteiger partial charge in [-0.15, -0.1) is 11.8 Å². The predicted octanol–water partition coefficient (Wildman–Crippen LogP) is 1.88. The van der Waals surface area contributed by atoms with E-state index in [2.05, 4.69) is 40.8 Å². The van der Waals surface area contributed by atoms with E-state index in [1.54, 1.807) is 18.1 Å². The fraction of sp³-hybridized carbons (Fsp3) is 0.364. The minimum Gasteiger partial charge on any atom is -0.352 e. The van der Waals surface area contributed by atoms with Gasteiger partial charge in [0.1, 0.15) is 6.23 Å². The van der Waals surface area contributed by atoms with Crippen molar-refractivity contribution in [3.63, 3.8) is 0 Å². The van der Waals surface area contributed by atoms with E-state index in [0.717, 1.165) is 0 Å². The molecule has 0 radical (unpaired) electrons. The van der Waals surface area contributed by atoms with Crippen LogP contribution in [0.15, 0.2) is 34.2 Å². The Balaban J connectivity index is 1.82. The van der Waals surface area contributed by atoms with E-state index >= 15 is 0 Å². The van der Waals surface area contributed by atoms with Crippen molar-refractivity contribution in [3.8, 4) is 0 Å². The molecule has 0 saturated carbocycles. The summed E-state index contributed by atoms with van der Waals surface area (Å²) >= 11 is 1.75. The second-order valence-electron chi connectivity index (χ2n) is 3.31. The van der Waals surface area contributed by atoms with Gasteiger partial charge in [0.15, 0.2) is 0 Å². The van der Waals surface area contributed by atoms with Crippen LogP contribution in [0.5, 0.6) is 0 Å². The summed E-state index contributed by atoms with van der Waals surface area (Å²) in [5.74, 6) is 0. The highest BCUT2D eigenvalue weighted by Crippen LogP contribution is 2.15. The highest BCUT2D eigenvalue weighted by atomic mass is 32.2. The lowest BCUT2D eigenvalue weighted by atomic mass is 10.2. The third-order valence-corrected chi connectivity index (χ3v) is 2.98. The molecule has 4 heteroatoms. The van der Waals surface area contributed by atoms with Crippen LogP contribution in [0.25, 0.3) is 0 Å². The molecule has 1 aliphatic heterocycles. The number of nitrogens with zero attached hydrogens (tertiary/aromatic N) is 1. The molecule has 2 rings (SSSR count). The Morgan fingerprint density at radius 3 is 2.87 bits per heavy atom. The molecule has 0 aromatic heterocycles. The lowest BCUT2D eigenvalue weighted by molar-refractivity contribution is 0.0434. The number of thioether (sulfide) groups is 1. The van der Waals surface area contributed by atoms with Crippen molar-refractivity contribution < 1.29 is 4.74 Å². The fourth-order valence-electron chi connectivity index (χ4n) is 1.36. The van der Waals surface area contributed by atoms with Crippen molar-refractivity contribution in [1.29, 1.82) is 0 Å². The van der Waals surface area contributed by atoms with E-state index in [1.807, 2.05) is 0 Å². The van der Waals surface area contributed by atoms with E-state index < -0.39 is 0 Å². The van der Waals surface area contributed by atoms with Crippen molar-refractivity contribution in [2.75, 3.05) is 12.8 Å². The summed E-state index contributed by atoms with van der Waals surface area (Å²) in [6.07, 6.45) is 3.82. The molecule has 0 saturated heterocycles. The number of benzene rings is 1. The van der Waals surface area contributed by atoms with Crippen LogP contribution >= 0.6 is 11.8 Å². The average Bonchev–Trinajstić information content (AvgIpc) is 2.80. The Bertz CT molecular complexity index is 329. The van der Waals surface area contributed by atoms with Gasteiger partial charge in [-0.05, 0) is 24.0 Å². The van der Waals surface area contributed by atoms with Crippen LogP contribution in [0.2, 0.25) is 0 Å². The van der Waals surface area contributed by atoms with Gasteiger partial charge in [-0.1, -0.05) is 12.1 Å². The Kier molecular flexibility index (Phi) is 3.64. The minimum absolute atomic E-state index is 0.0465. The Hall–Kier alpha value is -1.00. The maximum absolute atomic E-state index is 5.62. The van der Waals surface area contributed by atoms with Gasteiger partial charge in [0, 0.05) is 4.90 Å². The summed E-state index contributed by atoms with van der Waals surface area (Å²) in [7, 11) is 0. The zero-order chi connectivity index (χ0) is 10.5. The summed E-state index contributed by atoms with van der Waals surface area (Å²) in [6, 6.07) is 8.42. The maximum atomic E-state index is 5.62. The number of rotatable bonds is 4.